The Kier molecular flexibility index (Phi) is 5.48. The van der Waals surface area contributed by atoms with E-state index < -0.39 is 0 Å². The molecule has 25 heavy (non-hydrogen) atoms. The summed E-state index contributed by atoms with van der Waals surface area (Å²) in [5.74, 6) is 2.89. The largest absolute Gasteiger partial charge is 0.497 e. The van der Waals surface area contributed by atoms with E-state index in [0.717, 1.165) is 43.1 Å². The number of methoxy groups -OCH3 is 1. The molecule has 0 spiro atoms. The second-order valence-electron chi connectivity index (χ2n) is 6.84. The zero-order chi connectivity index (χ0) is 17.8. The van der Waals surface area contributed by atoms with E-state index in [1.807, 2.05) is 38.1 Å². The zero-order valence-electron chi connectivity index (χ0n) is 15.1. The third-order valence-electron chi connectivity index (χ3n) is 4.67. The van der Waals surface area contributed by atoms with Crippen molar-refractivity contribution >= 4 is 5.78 Å². The number of likely N-dealkylation sites (tertiary alicyclic amines) is 1. The van der Waals surface area contributed by atoms with E-state index in [4.69, 9.17) is 9.15 Å². The number of ether oxygens (including phenoxy) is 1. The lowest BCUT2D eigenvalue weighted by atomic mass is 9.96. The van der Waals surface area contributed by atoms with Crippen LogP contribution < -0.4 is 4.74 Å². The molecule has 1 aliphatic rings. The van der Waals surface area contributed by atoms with Crippen LogP contribution in [0.3, 0.4) is 0 Å². The summed E-state index contributed by atoms with van der Waals surface area (Å²) in [6.07, 6.45) is 1.88. The highest BCUT2D eigenvalue weighted by Crippen LogP contribution is 2.28. The molecule has 0 unspecified atom stereocenters. The average Bonchev–Trinajstić information content (AvgIpc) is 3.13. The van der Waals surface area contributed by atoms with E-state index in [1.165, 1.54) is 0 Å². The van der Waals surface area contributed by atoms with Crippen LogP contribution >= 0.6 is 0 Å². The molecule has 1 aliphatic heterocycles. The molecule has 0 saturated carbocycles. The Balaban J connectivity index is 1.52. The number of hydrogen-bond acceptors (Lipinski definition) is 6. The van der Waals surface area contributed by atoms with Crippen LogP contribution in [-0.4, -0.2) is 47.6 Å². The van der Waals surface area contributed by atoms with Crippen molar-refractivity contribution < 1.29 is 13.9 Å². The SMILES string of the molecule is COc1ccc(C(=O)CN2CCC(c3nnc(C(C)C)o3)CC2)cc1. The quantitative estimate of drug-likeness (QED) is 0.750. The van der Waals surface area contributed by atoms with Gasteiger partial charge in [0.2, 0.25) is 11.8 Å². The molecule has 3 rings (SSSR count). The smallest absolute Gasteiger partial charge is 0.219 e. The fraction of sp³-hybridized carbons (Fsp3) is 0.526. The predicted octanol–water partition coefficient (Wildman–Crippen LogP) is 3.26. The Labute approximate surface area is 148 Å². The van der Waals surface area contributed by atoms with Gasteiger partial charge < -0.3 is 9.15 Å². The summed E-state index contributed by atoms with van der Waals surface area (Å²) in [5.41, 5.74) is 0.724. The molecule has 134 valence electrons. The first-order valence-corrected chi connectivity index (χ1v) is 8.79. The van der Waals surface area contributed by atoms with E-state index >= 15 is 0 Å². The summed E-state index contributed by atoms with van der Waals surface area (Å²) >= 11 is 0. The van der Waals surface area contributed by atoms with Gasteiger partial charge >= 0.3 is 0 Å². The summed E-state index contributed by atoms with van der Waals surface area (Å²) in [6.45, 7) is 6.27. The van der Waals surface area contributed by atoms with Crippen molar-refractivity contribution in [2.45, 2.75) is 38.5 Å². The Morgan fingerprint density at radius 1 is 1.24 bits per heavy atom. The van der Waals surface area contributed by atoms with Crippen molar-refractivity contribution in [3.8, 4) is 5.75 Å². The molecular weight excluding hydrogens is 318 g/mol. The third-order valence-corrected chi connectivity index (χ3v) is 4.67. The van der Waals surface area contributed by atoms with Crippen molar-refractivity contribution in [1.82, 2.24) is 15.1 Å². The van der Waals surface area contributed by atoms with E-state index in [2.05, 4.69) is 15.1 Å². The molecule has 2 aromatic rings. The van der Waals surface area contributed by atoms with Crippen LogP contribution in [0.4, 0.5) is 0 Å². The predicted molar refractivity (Wildman–Crippen MR) is 94.1 cm³/mol. The molecule has 0 amide bonds. The minimum absolute atomic E-state index is 0.140. The van der Waals surface area contributed by atoms with Crippen LogP contribution in [0.5, 0.6) is 5.75 Å². The minimum atomic E-state index is 0.140. The number of nitrogens with zero attached hydrogens (tertiary/aromatic N) is 3. The highest BCUT2D eigenvalue weighted by Gasteiger charge is 2.26. The molecule has 0 atom stereocenters. The number of piperidine rings is 1. The molecule has 1 saturated heterocycles. The molecule has 2 heterocycles. The van der Waals surface area contributed by atoms with Crippen LogP contribution in [-0.2, 0) is 0 Å². The van der Waals surface area contributed by atoms with Gasteiger partial charge in [0.25, 0.3) is 0 Å². The average molecular weight is 343 g/mol. The topological polar surface area (TPSA) is 68.5 Å². The molecule has 0 aliphatic carbocycles. The van der Waals surface area contributed by atoms with E-state index in [9.17, 15) is 4.79 Å². The van der Waals surface area contributed by atoms with Gasteiger partial charge in [-0.2, -0.15) is 0 Å². The lowest BCUT2D eigenvalue weighted by Crippen LogP contribution is -2.36. The van der Waals surface area contributed by atoms with Gasteiger partial charge in [-0.3, -0.25) is 9.69 Å². The fourth-order valence-electron chi connectivity index (χ4n) is 3.05. The molecule has 1 fully saturated rings. The second-order valence-corrected chi connectivity index (χ2v) is 6.84. The molecule has 0 N–H and O–H groups in total. The Hall–Kier alpha value is -2.21. The number of carbonyl (C=O) groups is 1. The Morgan fingerprint density at radius 3 is 2.48 bits per heavy atom. The van der Waals surface area contributed by atoms with Crippen LogP contribution in [0.2, 0.25) is 0 Å². The fourth-order valence-corrected chi connectivity index (χ4v) is 3.05. The van der Waals surface area contributed by atoms with Crippen molar-refractivity contribution in [3.63, 3.8) is 0 Å². The second kappa shape index (κ2) is 7.78. The Bertz CT molecular complexity index is 701. The summed E-state index contributed by atoms with van der Waals surface area (Å²) in [5, 5.41) is 8.31. The summed E-state index contributed by atoms with van der Waals surface area (Å²) < 4.78 is 10.9. The van der Waals surface area contributed by atoms with Gasteiger partial charge in [0, 0.05) is 17.4 Å². The first kappa shape index (κ1) is 17.6. The minimum Gasteiger partial charge on any atom is -0.497 e. The summed E-state index contributed by atoms with van der Waals surface area (Å²) in [6, 6.07) is 7.28. The number of benzene rings is 1. The summed E-state index contributed by atoms with van der Waals surface area (Å²) in [4.78, 5) is 14.6. The Morgan fingerprint density at radius 2 is 1.92 bits per heavy atom. The molecule has 1 aromatic heterocycles. The lowest BCUT2D eigenvalue weighted by Gasteiger charge is -2.29. The van der Waals surface area contributed by atoms with Gasteiger partial charge in [-0.1, -0.05) is 13.8 Å². The van der Waals surface area contributed by atoms with Crippen molar-refractivity contribution in [2.24, 2.45) is 0 Å². The molecule has 6 heteroatoms. The maximum absolute atomic E-state index is 12.4. The van der Waals surface area contributed by atoms with Crippen LogP contribution in [0.15, 0.2) is 28.7 Å². The van der Waals surface area contributed by atoms with Gasteiger partial charge in [0.1, 0.15) is 5.75 Å². The first-order chi connectivity index (χ1) is 12.1. The maximum atomic E-state index is 12.4. The van der Waals surface area contributed by atoms with Crippen molar-refractivity contribution in [3.05, 3.63) is 41.6 Å². The number of Topliss-reactive ketones (excluding diaryl/α,β-unsaturated/α-hetero) is 1. The highest BCUT2D eigenvalue weighted by molar-refractivity contribution is 5.97. The molecule has 0 radical (unpaired) electrons. The van der Waals surface area contributed by atoms with Crippen molar-refractivity contribution in [2.75, 3.05) is 26.7 Å². The summed E-state index contributed by atoms with van der Waals surface area (Å²) in [7, 11) is 1.62. The number of rotatable bonds is 6. The van der Waals surface area contributed by atoms with E-state index in [0.29, 0.717) is 18.4 Å². The van der Waals surface area contributed by atoms with E-state index in [-0.39, 0.29) is 11.7 Å². The monoisotopic (exact) mass is 343 g/mol. The van der Waals surface area contributed by atoms with Gasteiger partial charge in [0.05, 0.1) is 13.7 Å². The molecule has 0 bridgehead atoms. The van der Waals surface area contributed by atoms with Crippen LogP contribution in [0, 0.1) is 0 Å². The number of aromatic nitrogens is 2. The number of ketones is 1. The zero-order valence-corrected chi connectivity index (χ0v) is 15.1. The molecule has 1 aromatic carbocycles. The van der Waals surface area contributed by atoms with Gasteiger partial charge in [0.15, 0.2) is 5.78 Å². The number of hydrogen-bond donors (Lipinski definition) is 0. The highest BCUT2D eigenvalue weighted by atomic mass is 16.5. The molecule has 6 nitrogen and oxygen atoms in total. The number of carbonyl (C=O) groups excluding carboxylic acids is 1. The van der Waals surface area contributed by atoms with Crippen LogP contribution in [0.25, 0.3) is 0 Å². The maximum Gasteiger partial charge on any atom is 0.219 e. The normalized spacial score (nSPS) is 16.3. The lowest BCUT2D eigenvalue weighted by molar-refractivity contribution is 0.0905. The van der Waals surface area contributed by atoms with Crippen molar-refractivity contribution in [1.29, 1.82) is 0 Å². The third kappa shape index (κ3) is 4.25. The van der Waals surface area contributed by atoms with Gasteiger partial charge in [-0.05, 0) is 50.2 Å². The van der Waals surface area contributed by atoms with E-state index in [1.54, 1.807) is 7.11 Å². The first-order valence-electron chi connectivity index (χ1n) is 8.79. The molecular formula is C19H25N3O3. The van der Waals surface area contributed by atoms with Gasteiger partial charge in [-0.15, -0.1) is 10.2 Å². The van der Waals surface area contributed by atoms with Gasteiger partial charge in [-0.25, -0.2) is 0 Å². The standard InChI is InChI=1S/C19H25N3O3/c1-13(2)18-20-21-19(25-18)15-8-10-22(11-9-15)12-17(23)14-4-6-16(24-3)7-5-14/h4-7,13,15H,8-12H2,1-3H3. The van der Waals surface area contributed by atoms with Crippen LogP contribution in [0.1, 0.15) is 60.7 Å².